The molecule has 3 heteroatoms. The maximum Gasteiger partial charge on any atom is 0.200 e. The summed E-state index contributed by atoms with van der Waals surface area (Å²) in [4.78, 5) is 4.37. The van der Waals surface area contributed by atoms with Crippen LogP contribution in [0, 0.1) is 0 Å². The zero-order valence-electron chi connectivity index (χ0n) is 9.13. The van der Waals surface area contributed by atoms with E-state index in [0.717, 1.165) is 16.7 Å². The van der Waals surface area contributed by atoms with E-state index in [-0.39, 0.29) is 5.75 Å². The number of benzene rings is 2. The molecule has 2 aromatic carbocycles. The van der Waals surface area contributed by atoms with Crippen molar-refractivity contribution in [3.63, 3.8) is 0 Å². The Labute approximate surface area is 98.3 Å². The molecular weight excluding hydrogens is 214 g/mol. The number of phenols is 1. The van der Waals surface area contributed by atoms with Crippen molar-refractivity contribution >= 4 is 11.1 Å². The Morgan fingerprint density at radius 1 is 1.00 bits per heavy atom. The van der Waals surface area contributed by atoms with Crippen LogP contribution in [0.25, 0.3) is 11.1 Å². The van der Waals surface area contributed by atoms with E-state index in [9.17, 15) is 5.11 Å². The first kappa shape index (κ1) is 9.90. The summed E-state index contributed by atoms with van der Waals surface area (Å²) in [6.45, 7) is 0. The van der Waals surface area contributed by atoms with Gasteiger partial charge in [0, 0.05) is 5.56 Å². The Balaban J connectivity index is 1.98. The fraction of sp³-hybridized carbons (Fsp3) is 0.0714. The number of hydrogen-bond donors (Lipinski definition) is 1. The monoisotopic (exact) mass is 225 g/mol. The second-order valence-corrected chi connectivity index (χ2v) is 3.88. The number of aromatic nitrogens is 1. The molecule has 3 rings (SSSR count). The standard InChI is InChI=1S/C14H11NO2/c16-12-7-3-1-5-10(12)9-14-15-11-6-2-4-8-13(11)17-14/h1-8,16H,9H2. The normalized spacial score (nSPS) is 10.8. The molecule has 3 aromatic rings. The molecule has 0 amide bonds. The number of para-hydroxylation sites is 3. The molecule has 0 radical (unpaired) electrons. The smallest absolute Gasteiger partial charge is 0.200 e. The first-order chi connectivity index (χ1) is 8.33. The van der Waals surface area contributed by atoms with E-state index < -0.39 is 0 Å². The molecule has 1 N–H and O–H groups in total. The van der Waals surface area contributed by atoms with Crippen LogP contribution in [0.1, 0.15) is 11.5 Å². The molecule has 0 bridgehead atoms. The lowest BCUT2D eigenvalue weighted by Gasteiger charge is -1.99. The van der Waals surface area contributed by atoms with Crippen molar-refractivity contribution in [3.05, 3.63) is 60.0 Å². The highest BCUT2D eigenvalue weighted by atomic mass is 16.3. The van der Waals surface area contributed by atoms with Gasteiger partial charge in [-0.15, -0.1) is 0 Å². The molecule has 0 saturated heterocycles. The molecule has 17 heavy (non-hydrogen) atoms. The van der Waals surface area contributed by atoms with E-state index in [1.165, 1.54) is 0 Å². The first-order valence-corrected chi connectivity index (χ1v) is 5.44. The van der Waals surface area contributed by atoms with Crippen LogP contribution in [0.3, 0.4) is 0 Å². The molecule has 0 spiro atoms. The van der Waals surface area contributed by atoms with Crippen LogP contribution in [0.15, 0.2) is 52.9 Å². The first-order valence-electron chi connectivity index (χ1n) is 5.44. The summed E-state index contributed by atoms with van der Waals surface area (Å²) < 4.78 is 5.60. The lowest BCUT2D eigenvalue weighted by molar-refractivity contribution is 0.464. The number of phenolic OH excluding ortho intramolecular Hbond substituents is 1. The van der Waals surface area contributed by atoms with Gasteiger partial charge in [-0.25, -0.2) is 4.98 Å². The minimum Gasteiger partial charge on any atom is -0.508 e. The van der Waals surface area contributed by atoms with Gasteiger partial charge in [-0.3, -0.25) is 0 Å². The van der Waals surface area contributed by atoms with Crippen LogP contribution < -0.4 is 0 Å². The molecule has 0 aliphatic rings. The van der Waals surface area contributed by atoms with Gasteiger partial charge in [0.1, 0.15) is 11.3 Å². The molecular formula is C14H11NO2. The molecule has 0 aliphatic heterocycles. The second kappa shape index (κ2) is 3.94. The Morgan fingerprint density at radius 2 is 1.76 bits per heavy atom. The Bertz CT molecular complexity index is 625. The molecule has 1 heterocycles. The van der Waals surface area contributed by atoms with Crippen LogP contribution in [0.4, 0.5) is 0 Å². The maximum atomic E-state index is 9.68. The summed E-state index contributed by atoms with van der Waals surface area (Å²) in [7, 11) is 0. The van der Waals surface area contributed by atoms with Crippen molar-refractivity contribution in [3.8, 4) is 5.75 Å². The Hall–Kier alpha value is -2.29. The highest BCUT2D eigenvalue weighted by Gasteiger charge is 2.08. The summed E-state index contributed by atoms with van der Waals surface area (Å²) in [6, 6.07) is 14.8. The van der Waals surface area contributed by atoms with Crippen molar-refractivity contribution in [1.29, 1.82) is 0 Å². The van der Waals surface area contributed by atoms with E-state index in [1.807, 2.05) is 36.4 Å². The molecule has 0 aliphatic carbocycles. The van der Waals surface area contributed by atoms with Crippen molar-refractivity contribution < 1.29 is 9.52 Å². The summed E-state index contributed by atoms with van der Waals surface area (Å²) in [6.07, 6.45) is 0.501. The fourth-order valence-corrected chi connectivity index (χ4v) is 1.82. The van der Waals surface area contributed by atoms with Crippen LogP contribution in [-0.4, -0.2) is 10.1 Å². The van der Waals surface area contributed by atoms with Gasteiger partial charge < -0.3 is 9.52 Å². The van der Waals surface area contributed by atoms with Gasteiger partial charge in [0.25, 0.3) is 0 Å². The van der Waals surface area contributed by atoms with Crippen LogP contribution >= 0.6 is 0 Å². The van der Waals surface area contributed by atoms with E-state index in [2.05, 4.69) is 4.98 Å². The van der Waals surface area contributed by atoms with Crippen molar-refractivity contribution in [2.45, 2.75) is 6.42 Å². The lowest BCUT2D eigenvalue weighted by Crippen LogP contribution is -1.88. The third-order valence-corrected chi connectivity index (χ3v) is 2.67. The Kier molecular flexibility index (Phi) is 2.29. The summed E-state index contributed by atoms with van der Waals surface area (Å²) in [5.41, 5.74) is 2.44. The summed E-state index contributed by atoms with van der Waals surface area (Å²) in [5.74, 6) is 0.891. The number of nitrogens with zero attached hydrogens (tertiary/aromatic N) is 1. The van der Waals surface area contributed by atoms with Crippen molar-refractivity contribution in [2.75, 3.05) is 0 Å². The van der Waals surface area contributed by atoms with E-state index in [1.54, 1.807) is 12.1 Å². The highest BCUT2D eigenvalue weighted by molar-refractivity contribution is 5.72. The molecule has 0 fully saturated rings. The third kappa shape index (κ3) is 1.87. The third-order valence-electron chi connectivity index (χ3n) is 2.67. The number of oxazole rings is 1. The maximum absolute atomic E-state index is 9.68. The molecule has 84 valence electrons. The van der Waals surface area contributed by atoms with Gasteiger partial charge in [-0.1, -0.05) is 30.3 Å². The average Bonchev–Trinajstić information content (AvgIpc) is 2.74. The number of fused-ring (bicyclic) bond motifs is 1. The van der Waals surface area contributed by atoms with Gasteiger partial charge in [0.05, 0.1) is 6.42 Å². The summed E-state index contributed by atoms with van der Waals surface area (Å²) >= 11 is 0. The zero-order chi connectivity index (χ0) is 11.7. The minimum atomic E-state index is 0.273. The predicted molar refractivity (Wildman–Crippen MR) is 64.9 cm³/mol. The predicted octanol–water partition coefficient (Wildman–Crippen LogP) is 3.12. The minimum absolute atomic E-state index is 0.273. The fourth-order valence-electron chi connectivity index (χ4n) is 1.82. The van der Waals surface area contributed by atoms with Crippen molar-refractivity contribution in [1.82, 2.24) is 4.98 Å². The average molecular weight is 225 g/mol. The van der Waals surface area contributed by atoms with Crippen LogP contribution in [-0.2, 0) is 6.42 Å². The van der Waals surface area contributed by atoms with Gasteiger partial charge in [0.15, 0.2) is 11.5 Å². The van der Waals surface area contributed by atoms with E-state index >= 15 is 0 Å². The molecule has 0 saturated carbocycles. The Morgan fingerprint density at radius 3 is 2.59 bits per heavy atom. The SMILES string of the molecule is Oc1ccccc1Cc1nc2ccccc2o1. The number of rotatable bonds is 2. The zero-order valence-corrected chi connectivity index (χ0v) is 9.13. The quantitative estimate of drug-likeness (QED) is 0.728. The van der Waals surface area contributed by atoms with Crippen LogP contribution in [0.5, 0.6) is 5.75 Å². The van der Waals surface area contributed by atoms with Gasteiger partial charge >= 0.3 is 0 Å². The van der Waals surface area contributed by atoms with Crippen LogP contribution in [0.2, 0.25) is 0 Å². The lowest BCUT2D eigenvalue weighted by atomic mass is 10.1. The topological polar surface area (TPSA) is 46.3 Å². The number of hydrogen-bond acceptors (Lipinski definition) is 3. The van der Waals surface area contributed by atoms with Gasteiger partial charge in [0.2, 0.25) is 0 Å². The molecule has 3 nitrogen and oxygen atoms in total. The largest absolute Gasteiger partial charge is 0.508 e. The molecule has 0 unspecified atom stereocenters. The highest BCUT2D eigenvalue weighted by Crippen LogP contribution is 2.21. The second-order valence-electron chi connectivity index (χ2n) is 3.88. The van der Waals surface area contributed by atoms with E-state index in [4.69, 9.17) is 4.42 Å². The molecule has 0 atom stereocenters. The summed E-state index contributed by atoms with van der Waals surface area (Å²) in [5, 5.41) is 9.68. The number of aromatic hydroxyl groups is 1. The molecule has 1 aromatic heterocycles. The van der Waals surface area contributed by atoms with Gasteiger partial charge in [-0.05, 0) is 18.2 Å². The van der Waals surface area contributed by atoms with E-state index in [0.29, 0.717) is 12.3 Å². The van der Waals surface area contributed by atoms with Crippen molar-refractivity contribution in [2.24, 2.45) is 0 Å². The van der Waals surface area contributed by atoms with Gasteiger partial charge in [-0.2, -0.15) is 0 Å².